The third kappa shape index (κ3) is 3.62. The molecule has 1 saturated heterocycles. The van der Waals surface area contributed by atoms with Crippen molar-refractivity contribution in [1.29, 1.82) is 0 Å². The maximum absolute atomic E-state index is 13.8. The number of Topliss-reactive ketones (excluding diaryl/α,β-unsaturated/α-hetero) is 1. The number of hydrogen-bond donors (Lipinski definition) is 0. The largest absolute Gasteiger partial charge is 0.496 e. The van der Waals surface area contributed by atoms with Crippen LogP contribution in [0.4, 0.5) is 0 Å². The summed E-state index contributed by atoms with van der Waals surface area (Å²) in [5.74, 6) is 2.19. The summed E-state index contributed by atoms with van der Waals surface area (Å²) in [6, 6.07) is 20.5. The number of allylic oxidation sites excluding steroid dienone is 1. The summed E-state index contributed by atoms with van der Waals surface area (Å²) in [7, 11) is 5.38. The summed E-state index contributed by atoms with van der Waals surface area (Å²) in [4.78, 5) is 16.1. The number of likely N-dealkylation sites (tertiary alicyclic amines) is 1. The molecule has 5 nitrogen and oxygen atoms in total. The van der Waals surface area contributed by atoms with Gasteiger partial charge in [0.15, 0.2) is 5.76 Å². The first kappa shape index (κ1) is 22.6. The lowest BCUT2D eigenvalue weighted by Gasteiger charge is -2.30. The summed E-state index contributed by atoms with van der Waals surface area (Å²) in [5, 5.41) is 4.40. The smallest absolute Gasteiger partial charge is 0.235 e. The van der Waals surface area contributed by atoms with Gasteiger partial charge in [-0.25, -0.2) is 0 Å². The second-order valence-corrected chi connectivity index (χ2v) is 9.65. The summed E-state index contributed by atoms with van der Waals surface area (Å²) >= 11 is 0. The average Bonchev–Trinajstić information content (AvgIpc) is 3.23. The van der Waals surface area contributed by atoms with E-state index in [0.717, 1.165) is 58.6 Å². The maximum Gasteiger partial charge on any atom is 0.235 e. The van der Waals surface area contributed by atoms with Crippen molar-refractivity contribution >= 4 is 33.4 Å². The number of carbonyl (C=O) groups is 1. The second kappa shape index (κ2) is 8.99. The van der Waals surface area contributed by atoms with Gasteiger partial charge in [0.05, 0.1) is 14.2 Å². The van der Waals surface area contributed by atoms with Crippen LogP contribution in [0.25, 0.3) is 27.6 Å². The van der Waals surface area contributed by atoms with Gasteiger partial charge >= 0.3 is 0 Å². The Morgan fingerprint density at radius 1 is 0.889 bits per heavy atom. The second-order valence-electron chi connectivity index (χ2n) is 9.65. The molecule has 0 radical (unpaired) electrons. The van der Waals surface area contributed by atoms with Gasteiger partial charge in [0.25, 0.3) is 0 Å². The standard InChI is InChI=1S/C31H29NO4/c1-32-14-12-19(13-15-32)28-25(34-2)18-26(35-3)29-30(33)27(36-31(28)29)17-24-22-10-6-4-8-20(22)16-21-9-5-7-11-23(21)24/h4-11,16-19H,12-15H2,1-3H3/b27-17+. The zero-order valence-corrected chi connectivity index (χ0v) is 20.8. The molecular formula is C31H29NO4. The van der Waals surface area contributed by atoms with Crippen molar-refractivity contribution in [2.24, 2.45) is 0 Å². The highest BCUT2D eigenvalue weighted by atomic mass is 16.5. The molecule has 0 unspecified atom stereocenters. The van der Waals surface area contributed by atoms with E-state index in [1.807, 2.05) is 36.4 Å². The molecule has 6 rings (SSSR count). The van der Waals surface area contributed by atoms with E-state index in [0.29, 0.717) is 28.6 Å². The molecule has 0 spiro atoms. The van der Waals surface area contributed by atoms with Gasteiger partial charge < -0.3 is 19.1 Å². The molecule has 0 aromatic heterocycles. The SMILES string of the molecule is COc1cc(OC)c(C2CCN(C)CC2)c2c1C(=O)/C(=C\c1c3ccccc3cc3ccccc13)O2. The van der Waals surface area contributed by atoms with Crippen molar-refractivity contribution in [3.05, 3.63) is 83.1 Å². The highest BCUT2D eigenvalue weighted by Gasteiger charge is 2.38. The first-order chi connectivity index (χ1) is 17.6. The van der Waals surface area contributed by atoms with Crippen molar-refractivity contribution in [3.8, 4) is 17.2 Å². The van der Waals surface area contributed by atoms with Crippen LogP contribution in [0.5, 0.6) is 17.2 Å². The molecule has 2 heterocycles. The van der Waals surface area contributed by atoms with Crippen LogP contribution in [-0.2, 0) is 0 Å². The fraction of sp³-hybridized carbons (Fsp3) is 0.258. The molecule has 4 aromatic carbocycles. The van der Waals surface area contributed by atoms with E-state index in [1.165, 1.54) is 0 Å². The van der Waals surface area contributed by atoms with E-state index in [2.05, 4.69) is 42.3 Å². The molecular weight excluding hydrogens is 450 g/mol. The molecule has 182 valence electrons. The van der Waals surface area contributed by atoms with E-state index in [9.17, 15) is 4.79 Å². The fourth-order valence-corrected chi connectivity index (χ4v) is 5.67. The quantitative estimate of drug-likeness (QED) is 0.249. The lowest BCUT2D eigenvalue weighted by atomic mass is 9.86. The average molecular weight is 480 g/mol. The zero-order chi connectivity index (χ0) is 24.8. The lowest BCUT2D eigenvalue weighted by Crippen LogP contribution is -2.29. The van der Waals surface area contributed by atoms with E-state index in [4.69, 9.17) is 14.2 Å². The number of ketones is 1. The number of nitrogens with zero attached hydrogens (tertiary/aromatic N) is 1. The normalized spacial score (nSPS) is 17.5. The number of ether oxygens (including phenoxy) is 3. The van der Waals surface area contributed by atoms with Crippen molar-refractivity contribution in [2.75, 3.05) is 34.4 Å². The van der Waals surface area contributed by atoms with E-state index >= 15 is 0 Å². The highest BCUT2D eigenvalue weighted by molar-refractivity contribution is 6.18. The molecule has 0 aliphatic carbocycles. The zero-order valence-electron chi connectivity index (χ0n) is 20.8. The van der Waals surface area contributed by atoms with E-state index in [1.54, 1.807) is 14.2 Å². The van der Waals surface area contributed by atoms with Crippen molar-refractivity contribution in [1.82, 2.24) is 4.90 Å². The Hall–Kier alpha value is -3.83. The lowest BCUT2D eigenvalue weighted by molar-refractivity contribution is 0.101. The van der Waals surface area contributed by atoms with Gasteiger partial charge in [-0.2, -0.15) is 0 Å². The minimum atomic E-state index is -0.157. The first-order valence-electron chi connectivity index (χ1n) is 12.4. The van der Waals surface area contributed by atoms with Crippen LogP contribution in [0.15, 0.2) is 66.4 Å². The number of hydrogen-bond acceptors (Lipinski definition) is 5. The molecule has 2 aliphatic heterocycles. The van der Waals surface area contributed by atoms with Crippen LogP contribution in [0.3, 0.4) is 0 Å². The number of piperidine rings is 1. The van der Waals surface area contributed by atoms with Crippen LogP contribution in [-0.4, -0.2) is 45.0 Å². The topological polar surface area (TPSA) is 48.0 Å². The minimum Gasteiger partial charge on any atom is -0.496 e. The number of rotatable bonds is 4. The van der Waals surface area contributed by atoms with Crippen molar-refractivity contribution in [3.63, 3.8) is 0 Å². The van der Waals surface area contributed by atoms with Crippen LogP contribution in [0.1, 0.15) is 40.2 Å². The predicted octanol–water partition coefficient (Wildman–Crippen LogP) is 6.44. The van der Waals surface area contributed by atoms with Gasteiger partial charge in [0.1, 0.15) is 22.8 Å². The molecule has 1 fully saturated rings. The van der Waals surface area contributed by atoms with Gasteiger partial charge in [-0.3, -0.25) is 4.79 Å². The Morgan fingerprint density at radius 2 is 1.50 bits per heavy atom. The van der Waals surface area contributed by atoms with Crippen LogP contribution >= 0.6 is 0 Å². The molecule has 0 N–H and O–H groups in total. The molecule has 4 aromatic rings. The fourth-order valence-electron chi connectivity index (χ4n) is 5.67. The summed E-state index contributed by atoms with van der Waals surface area (Å²) in [6.07, 6.45) is 3.86. The molecule has 36 heavy (non-hydrogen) atoms. The van der Waals surface area contributed by atoms with Gasteiger partial charge in [-0.1, -0.05) is 48.5 Å². The Balaban J connectivity index is 1.54. The molecule has 0 amide bonds. The maximum atomic E-state index is 13.8. The van der Waals surface area contributed by atoms with Crippen LogP contribution < -0.4 is 14.2 Å². The number of benzene rings is 4. The molecule has 0 bridgehead atoms. The Kier molecular flexibility index (Phi) is 5.65. The van der Waals surface area contributed by atoms with Crippen molar-refractivity contribution < 1.29 is 19.0 Å². The van der Waals surface area contributed by atoms with Gasteiger partial charge in [-0.15, -0.1) is 0 Å². The number of carbonyl (C=O) groups excluding carboxylic acids is 1. The van der Waals surface area contributed by atoms with Gasteiger partial charge in [0, 0.05) is 11.6 Å². The van der Waals surface area contributed by atoms with E-state index < -0.39 is 0 Å². The number of methoxy groups -OCH3 is 2. The Labute approximate surface area is 210 Å². The van der Waals surface area contributed by atoms with Crippen LogP contribution in [0.2, 0.25) is 0 Å². The van der Waals surface area contributed by atoms with Gasteiger partial charge in [-0.05, 0) is 78.1 Å². The number of fused-ring (bicyclic) bond motifs is 3. The summed E-state index contributed by atoms with van der Waals surface area (Å²) in [5.41, 5.74) is 2.44. The Morgan fingerprint density at radius 3 is 2.11 bits per heavy atom. The summed E-state index contributed by atoms with van der Waals surface area (Å²) in [6.45, 7) is 1.99. The summed E-state index contributed by atoms with van der Waals surface area (Å²) < 4.78 is 17.9. The molecule has 0 atom stereocenters. The molecule has 0 saturated carbocycles. The van der Waals surface area contributed by atoms with Gasteiger partial charge in [0.2, 0.25) is 5.78 Å². The first-order valence-corrected chi connectivity index (χ1v) is 12.4. The van der Waals surface area contributed by atoms with Crippen LogP contribution in [0, 0.1) is 0 Å². The van der Waals surface area contributed by atoms with Crippen molar-refractivity contribution in [2.45, 2.75) is 18.8 Å². The predicted molar refractivity (Wildman–Crippen MR) is 143 cm³/mol. The minimum absolute atomic E-state index is 0.157. The Bertz CT molecular complexity index is 1480. The van der Waals surface area contributed by atoms with E-state index in [-0.39, 0.29) is 11.7 Å². The third-order valence-corrected chi connectivity index (χ3v) is 7.56. The molecule has 5 heteroatoms. The highest BCUT2D eigenvalue weighted by Crippen LogP contribution is 2.50. The third-order valence-electron chi connectivity index (χ3n) is 7.56. The molecule has 2 aliphatic rings. The monoisotopic (exact) mass is 479 g/mol.